The molecule has 3 rings (SSSR count). The molecule has 5 nitrogen and oxygen atoms in total. The van der Waals surface area contributed by atoms with Gasteiger partial charge >= 0.3 is 0 Å². The molecule has 1 aromatic carbocycles. The molecule has 2 heterocycles. The van der Waals surface area contributed by atoms with Gasteiger partial charge in [-0.1, -0.05) is 12.1 Å². The van der Waals surface area contributed by atoms with E-state index in [1.807, 2.05) is 23.1 Å². The third-order valence-corrected chi connectivity index (χ3v) is 3.45. The van der Waals surface area contributed by atoms with Crippen molar-refractivity contribution in [2.75, 3.05) is 33.1 Å². The lowest BCUT2D eigenvalue weighted by molar-refractivity contribution is -0.135. The zero-order chi connectivity index (χ0) is 13.1. The summed E-state index contributed by atoms with van der Waals surface area (Å²) in [6.07, 6.45) is 1.18. The maximum absolute atomic E-state index is 12.1. The van der Waals surface area contributed by atoms with Gasteiger partial charge in [0.2, 0.25) is 12.7 Å². The Morgan fingerprint density at radius 2 is 2.05 bits per heavy atom. The molecule has 0 saturated carbocycles. The highest BCUT2D eigenvalue weighted by Crippen LogP contribution is 2.35. The summed E-state index contributed by atoms with van der Waals surface area (Å²) in [5.74, 6) is 1.74. The fourth-order valence-corrected chi connectivity index (χ4v) is 2.40. The summed E-state index contributed by atoms with van der Waals surface area (Å²) < 4.78 is 16.0. The van der Waals surface area contributed by atoms with Crippen molar-refractivity contribution in [1.82, 2.24) is 4.90 Å². The quantitative estimate of drug-likeness (QED) is 0.822. The van der Waals surface area contributed by atoms with E-state index in [9.17, 15) is 4.79 Å². The summed E-state index contributed by atoms with van der Waals surface area (Å²) in [5.41, 5.74) is 1.04. The van der Waals surface area contributed by atoms with Gasteiger partial charge < -0.3 is 19.1 Å². The monoisotopic (exact) mass is 263 g/mol. The minimum atomic E-state index is 0.180. The van der Waals surface area contributed by atoms with Crippen molar-refractivity contribution in [3.8, 4) is 11.5 Å². The summed E-state index contributed by atoms with van der Waals surface area (Å²) in [5, 5.41) is 0. The van der Waals surface area contributed by atoms with Crippen molar-refractivity contribution in [2.24, 2.45) is 0 Å². The molecule has 1 saturated heterocycles. The SMILES string of the molecule is O=C(CCc1cccc2c1OCO2)N1CCOCC1. The first-order valence-electron chi connectivity index (χ1n) is 6.57. The van der Waals surface area contributed by atoms with Crippen molar-refractivity contribution in [3.05, 3.63) is 23.8 Å². The van der Waals surface area contributed by atoms with Crippen LogP contribution in [0.1, 0.15) is 12.0 Å². The Kier molecular flexibility index (Phi) is 3.55. The highest BCUT2D eigenvalue weighted by molar-refractivity contribution is 5.76. The number of amides is 1. The first-order valence-corrected chi connectivity index (χ1v) is 6.57. The van der Waals surface area contributed by atoms with Gasteiger partial charge in [-0.3, -0.25) is 4.79 Å². The fourth-order valence-electron chi connectivity index (χ4n) is 2.40. The van der Waals surface area contributed by atoms with E-state index in [2.05, 4.69) is 0 Å². The molecule has 0 bridgehead atoms. The van der Waals surface area contributed by atoms with Crippen LogP contribution in [-0.4, -0.2) is 43.9 Å². The standard InChI is InChI=1S/C14H17NO4/c16-13(15-6-8-17-9-7-15)5-4-11-2-1-3-12-14(11)19-10-18-12/h1-3H,4-10H2. The number of para-hydroxylation sites is 1. The van der Waals surface area contributed by atoms with Crippen molar-refractivity contribution >= 4 is 5.91 Å². The number of ether oxygens (including phenoxy) is 3. The Morgan fingerprint density at radius 1 is 1.21 bits per heavy atom. The second kappa shape index (κ2) is 5.48. The molecule has 5 heteroatoms. The molecular weight excluding hydrogens is 246 g/mol. The highest BCUT2D eigenvalue weighted by atomic mass is 16.7. The zero-order valence-electron chi connectivity index (χ0n) is 10.8. The lowest BCUT2D eigenvalue weighted by Gasteiger charge is -2.26. The molecule has 0 radical (unpaired) electrons. The molecule has 2 aliphatic rings. The van der Waals surface area contributed by atoms with Gasteiger partial charge in [0.25, 0.3) is 0 Å². The predicted octanol–water partition coefficient (Wildman–Crippen LogP) is 1.21. The number of hydrogen-bond acceptors (Lipinski definition) is 4. The highest BCUT2D eigenvalue weighted by Gasteiger charge is 2.20. The maximum Gasteiger partial charge on any atom is 0.231 e. The smallest absolute Gasteiger partial charge is 0.231 e. The Balaban J connectivity index is 1.60. The number of aryl methyl sites for hydroxylation is 1. The molecule has 0 unspecified atom stereocenters. The minimum Gasteiger partial charge on any atom is -0.454 e. The van der Waals surface area contributed by atoms with Crippen LogP contribution >= 0.6 is 0 Å². The normalized spacial score (nSPS) is 17.6. The van der Waals surface area contributed by atoms with Gasteiger partial charge in [0.1, 0.15) is 0 Å². The molecule has 2 aliphatic heterocycles. The average molecular weight is 263 g/mol. The number of rotatable bonds is 3. The van der Waals surface area contributed by atoms with Crippen LogP contribution in [0.2, 0.25) is 0 Å². The van der Waals surface area contributed by atoms with Gasteiger partial charge in [0.05, 0.1) is 13.2 Å². The Hall–Kier alpha value is -1.75. The van der Waals surface area contributed by atoms with E-state index >= 15 is 0 Å². The van der Waals surface area contributed by atoms with Crippen molar-refractivity contribution in [3.63, 3.8) is 0 Å². The van der Waals surface area contributed by atoms with Crippen LogP contribution in [0.15, 0.2) is 18.2 Å². The minimum absolute atomic E-state index is 0.180. The Morgan fingerprint density at radius 3 is 2.89 bits per heavy atom. The average Bonchev–Trinajstić information content (AvgIpc) is 2.94. The van der Waals surface area contributed by atoms with Crippen LogP contribution in [0, 0.1) is 0 Å². The number of carbonyl (C=O) groups is 1. The number of benzene rings is 1. The van der Waals surface area contributed by atoms with Crippen LogP contribution < -0.4 is 9.47 Å². The van der Waals surface area contributed by atoms with Gasteiger partial charge in [-0.15, -0.1) is 0 Å². The molecule has 1 aromatic rings. The van der Waals surface area contributed by atoms with Crippen LogP contribution in [0.25, 0.3) is 0 Å². The van der Waals surface area contributed by atoms with E-state index in [-0.39, 0.29) is 12.7 Å². The third kappa shape index (κ3) is 2.66. The predicted molar refractivity (Wildman–Crippen MR) is 68.3 cm³/mol. The van der Waals surface area contributed by atoms with Crippen LogP contribution in [0.3, 0.4) is 0 Å². The van der Waals surface area contributed by atoms with Crippen LogP contribution in [-0.2, 0) is 16.0 Å². The molecule has 0 aromatic heterocycles. The molecule has 1 amide bonds. The molecule has 0 atom stereocenters. The topological polar surface area (TPSA) is 48.0 Å². The molecular formula is C14H17NO4. The summed E-state index contributed by atoms with van der Waals surface area (Å²) in [6, 6.07) is 5.80. The second-order valence-electron chi connectivity index (χ2n) is 4.64. The number of morpholine rings is 1. The largest absolute Gasteiger partial charge is 0.454 e. The first kappa shape index (κ1) is 12.3. The fraction of sp³-hybridized carbons (Fsp3) is 0.500. The summed E-state index contributed by atoms with van der Waals surface area (Å²) in [6.45, 7) is 2.95. The molecule has 1 fully saturated rings. The zero-order valence-corrected chi connectivity index (χ0v) is 10.8. The number of fused-ring (bicyclic) bond motifs is 1. The molecule has 19 heavy (non-hydrogen) atoms. The van der Waals surface area contributed by atoms with E-state index in [0.717, 1.165) is 17.1 Å². The van der Waals surface area contributed by atoms with E-state index < -0.39 is 0 Å². The van der Waals surface area contributed by atoms with E-state index in [0.29, 0.717) is 39.1 Å². The third-order valence-electron chi connectivity index (χ3n) is 3.45. The summed E-state index contributed by atoms with van der Waals surface area (Å²) >= 11 is 0. The van der Waals surface area contributed by atoms with Gasteiger partial charge in [0.15, 0.2) is 11.5 Å². The van der Waals surface area contributed by atoms with Crippen molar-refractivity contribution < 1.29 is 19.0 Å². The van der Waals surface area contributed by atoms with Gasteiger partial charge in [-0.05, 0) is 18.1 Å². The van der Waals surface area contributed by atoms with E-state index in [1.165, 1.54) is 0 Å². The number of carbonyl (C=O) groups excluding carboxylic acids is 1. The summed E-state index contributed by atoms with van der Waals surface area (Å²) in [7, 11) is 0. The lowest BCUT2D eigenvalue weighted by atomic mass is 10.1. The maximum atomic E-state index is 12.1. The van der Waals surface area contributed by atoms with Crippen LogP contribution in [0.4, 0.5) is 0 Å². The Labute approximate surface area is 112 Å². The Bertz CT molecular complexity index is 469. The van der Waals surface area contributed by atoms with E-state index in [1.54, 1.807) is 0 Å². The molecule has 0 N–H and O–H groups in total. The number of hydrogen-bond donors (Lipinski definition) is 0. The molecule has 0 spiro atoms. The van der Waals surface area contributed by atoms with Gasteiger partial charge in [0, 0.05) is 19.5 Å². The lowest BCUT2D eigenvalue weighted by Crippen LogP contribution is -2.40. The van der Waals surface area contributed by atoms with Crippen LogP contribution in [0.5, 0.6) is 11.5 Å². The summed E-state index contributed by atoms with van der Waals surface area (Å²) in [4.78, 5) is 13.9. The number of nitrogens with zero attached hydrogens (tertiary/aromatic N) is 1. The van der Waals surface area contributed by atoms with Crippen molar-refractivity contribution in [2.45, 2.75) is 12.8 Å². The molecule has 0 aliphatic carbocycles. The molecule has 102 valence electrons. The van der Waals surface area contributed by atoms with Gasteiger partial charge in [-0.2, -0.15) is 0 Å². The first-order chi connectivity index (χ1) is 9.34. The van der Waals surface area contributed by atoms with Crippen molar-refractivity contribution in [1.29, 1.82) is 0 Å². The second-order valence-corrected chi connectivity index (χ2v) is 4.64. The van der Waals surface area contributed by atoms with Gasteiger partial charge in [-0.25, -0.2) is 0 Å². The van der Waals surface area contributed by atoms with E-state index in [4.69, 9.17) is 14.2 Å².